The van der Waals surface area contributed by atoms with Crippen molar-refractivity contribution in [3.05, 3.63) is 29.8 Å². The fraction of sp³-hybridized carbons (Fsp3) is 0.667. The van der Waals surface area contributed by atoms with E-state index in [1.165, 1.54) is 11.3 Å². The summed E-state index contributed by atoms with van der Waals surface area (Å²) in [6.07, 6.45) is 2.69. The highest BCUT2D eigenvalue weighted by Gasteiger charge is 2.18. The van der Waals surface area contributed by atoms with E-state index in [0.717, 1.165) is 45.6 Å². The Kier molecular flexibility index (Phi) is 13.5. The molecule has 0 bridgehead atoms. The van der Waals surface area contributed by atoms with Gasteiger partial charge in [0.25, 0.3) is 0 Å². The SMILES string of the molecule is CCCCC(CNC(=O)OC(C)(C)C)NC(=NC)NCc1ccc(N2CCOCC2)cc1.I. The van der Waals surface area contributed by atoms with E-state index in [2.05, 4.69) is 57.0 Å². The summed E-state index contributed by atoms with van der Waals surface area (Å²) in [5, 5.41) is 9.68. The lowest BCUT2D eigenvalue weighted by molar-refractivity contribution is 0.0522. The van der Waals surface area contributed by atoms with Gasteiger partial charge in [-0.15, -0.1) is 24.0 Å². The van der Waals surface area contributed by atoms with Gasteiger partial charge in [-0.1, -0.05) is 31.9 Å². The zero-order valence-electron chi connectivity index (χ0n) is 20.8. The molecule has 1 aromatic carbocycles. The van der Waals surface area contributed by atoms with Gasteiger partial charge in [0.15, 0.2) is 5.96 Å². The summed E-state index contributed by atoms with van der Waals surface area (Å²) in [5.41, 5.74) is 1.90. The average Bonchev–Trinajstić information content (AvgIpc) is 2.77. The van der Waals surface area contributed by atoms with Crippen molar-refractivity contribution in [1.29, 1.82) is 0 Å². The Morgan fingerprint density at radius 2 is 1.85 bits per heavy atom. The van der Waals surface area contributed by atoms with Crippen molar-refractivity contribution < 1.29 is 14.3 Å². The lowest BCUT2D eigenvalue weighted by Crippen LogP contribution is -2.48. The molecule has 1 amide bonds. The molecule has 1 aliphatic heterocycles. The Balaban J connectivity index is 0.00000544. The summed E-state index contributed by atoms with van der Waals surface area (Å²) >= 11 is 0. The number of unbranched alkanes of at least 4 members (excludes halogenated alkanes) is 1. The number of benzene rings is 1. The predicted molar refractivity (Wildman–Crippen MR) is 146 cm³/mol. The molecule has 0 aliphatic carbocycles. The molecule has 1 atom stereocenters. The maximum atomic E-state index is 12.0. The van der Waals surface area contributed by atoms with Gasteiger partial charge in [0.05, 0.1) is 13.2 Å². The average molecular weight is 576 g/mol. The number of halogens is 1. The molecule has 1 heterocycles. The van der Waals surface area contributed by atoms with Crippen LogP contribution < -0.4 is 20.9 Å². The maximum Gasteiger partial charge on any atom is 0.407 e. The van der Waals surface area contributed by atoms with E-state index < -0.39 is 11.7 Å². The minimum Gasteiger partial charge on any atom is -0.444 e. The molecule has 1 unspecified atom stereocenters. The molecule has 8 nitrogen and oxygen atoms in total. The Bertz CT molecular complexity index is 716. The minimum absolute atomic E-state index is 0. The second kappa shape index (κ2) is 15.2. The number of nitrogens with one attached hydrogen (secondary N) is 3. The quantitative estimate of drug-likeness (QED) is 0.236. The van der Waals surface area contributed by atoms with Gasteiger partial charge in [0.2, 0.25) is 0 Å². The number of amides is 1. The number of hydrogen-bond acceptors (Lipinski definition) is 5. The number of carbonyl (C=O) groups excluding carboxylic acids is 1. The van der Waals surface area contributed by atoms with Gasteiger partial charge < -0.3 is 30.3 Å². The largest absolute Gasteiger partial charge is 0.444 e. The molecule has 0 radical (unpaired) electrons. The zero-order chi connectivity index (χ0) is 23.4. The van der Waals surface area contributed by atoms with Crippen LogP contribution in [0.25, 0.3) is 0 Å². The first-order valence-corrected chi connectivity index (χ1v) is 11.7. The molecular weight excluding hydrogens is 533 g/mol. The molecule has 1 fully saturated rings. The number of ether oxygens (including phenoxy) is 2. The van der Waals surface area contributed by atoms with E-state index in [0.29, 0.717) is 19.0 Å². The topological polar surface area (TPSA) is 87.2 Å². The van der Waals surface area contributed by atoms with E-state index in [1.807, 2.05) is 20.8 Å². The van der Waals surface area contributed by atoms with Crippen LogP contribution in [0.2, 0.25) is 0 Å². The number of anilines is 1. The molecular formula is C24H42IN5O3. The van der Waals surface area contributed by atoms with Crippen molar-refractivity contribution >= 4 is 41.7 Å². The van der Waals surface area contributed by atoms with Crippen LogP contribution in [0.3, 0.4) is 0 Å². The Hall–Kier alpha value is -1.75. The van der Waals surface area contributed by atoms with E-state index in [9.17, 15) is 4.79 Å². The van der Waals surface area contributed by atoms with Gasteiger partial charge >= 0.3 is 6.09 Å². The number of carbonyl (C=O) groups is 1. The number of guanidine groups is 1. The molecule has 1 aliphatic rings. The van der Waals surface area contributed by atoms with Crippen molar-refractivity contribution in [2.75, 3.05) is 44.8 Å². The minimum atomic E-state index is -0.509. The first kappa shape index (κ1) is 29.3. The van der Waals surface area contributed by atoms with Crippen LogP contribution in [0.5, 0.6) is 0 Å². The highest BCUT2D eigenvalue weighted by atomic mass is 127. The third-order valence-corrected chi connectivity index (χ3v) is 5.13. The van der Waals surface area contributed by atoms with Crippen LogP contribution in [0.15, 0.2) is 29.3 Å². The molecule has 33 heavy (non-hydrogen) atoms. The van der Waals surface area contributed by atoms with Crippen molar-refractivity contribution in [3.63, 3.8) is 0 Å². The van der Waals surface area contributed by atoms with Crippen molar-refractivity contribution in [2.45, 2.75) is 65.1 Å². The van der Waals surface area contributed by atoms with Gasteiger partial charge in [-0.05, 0) is 44.9 Å². The summed E-state index contributed by atoms with van der Waals surface area (Å²) in [6, 6.07) is 8.67. The van der Waals surface area contributed by atoms with Crippen LogP contribution in [0.4, 0.5) is 10.5 Å². The second-order valence-corrected chi connectivity index (χ2v) is 9.06. The standard InChI is InChI=1S/C24H41N5O3.HI/c1-6-7-8-20(18-27-23(30)32-24(2,3)4)28-22(25-5)26-17-19-9-11-21(12-10-19)29-13-15-31-16-14-29;/h9-12,20H,6-8,13-18H2,1-5H3,(H,27,30)(H2,25,26,28);1H. The molecule has 9 heteroatoms. The fourth-order valence-electron chi connectivity index (χ4n) is 3.42. The molecule has 2 rings (SSSR count). The smallest absolute Gasteiger partial charge is 0.407 e. The summed E-state index contributed by atoms with van der Waals surface area (Å²) in [7, 11) is 1.76. The summed E-state index contributed by atoms with van der Waals surface area (Å²) in [6.45, 7) is 12.3. The molecule has 188 valence electrons. The summed E-state index contributed by atoms with van der Waals surface area (Å²) in [5.74, 6) is 0.717. The van der Waals surface area contributed by atoms with Crippen LogP contribution in [0.1, 0.15) is 52.5 Å². The van der Waals surface area contributed by atoms with Gasteiger partial charge in [-0.2, -0.15) is 0 Å². The number of alkyl carbamates (subject to hydrolysis) is 1. The van der Waals surface area contributed by atoms with E-state index >= 15 is 0 Å². The predicted octanol–water partition coefficient (Wildman–Crippen LogP) is 3.89. The molecule has 0 saturated carbocycles. The third kappa shape index (κ3) is 11.8. The van der Waals surface area contributed by atoms with Crippen LogP contribution in [-0.4, -0.2) is 63.6 Å². The number of morpholine rings is 1. The fourth-order valence-corrected chi connectivity index (χ4v) is 3.42. The van der Waals surface area contributed by atoms with E-state index in [-0.39, 0.29) is 30.0 Å². The number of aliphatic imine (C=N–C) groups is 1. The van der Waals surface area contributed by atoms with Gasteiger partial charge in [0.1, 0.15) is 5.60 Å². The van der Waals surface area contributed by atoms with Gasteiger partial charge in [-0.3, -0.25) is 4.99 Å². The van der Waals surface area contributed by atoms with E-state index in [4.69, 9.17) is 9.47 Å². The van der Waals surface area contributed by atoms with Crippen molar-refractivity contribution in [1.82, 2.24) is 16.0 Å². The Morgan fingerprint density at radius 1 is 1.18 bits per heavy atom. The van der Waals surface area contributed by atoms with E-state index in [1.54, 1.807) is 7.05 Å². The highest BCUT2D eigenvalue weighted by molar-refractivity contribution is 14.0. The molecule has 1 aromatic rings. The van der Waals surface area contributed by atoms with Gasteiger partial charge in [0, 0.05) is 45.0 Å². The zero-order valence-corrected chi connectivity index (χ0v) is 23.1. The molecule has 0 aromatic heterocycles. The maximum absolute atomic E-state index is 12.0. The number of rotatable bonds is 9. The molecule has 1 saturated heterocycles. The lowest BCUT2D eigenvalue weighted by atomic mass is 10.1. The first-order chi connectivity index (χ1) is 15.3. The number of hydrogen-bond donors (Lipinski definition) is 3. The van der Waals surface area contributed by atoms with Gasteiger partial charge in [-0.25, -0.2) is 4.79 Å². The summed E-state index contributed by atoms with van der Waals surface area (Å²) in [4.78, 5) is 18.7. The van der Waals surface area contributed by atoms with Crippen LogP contribution >= 0.6 is 24.0 Å². The Labute approximate surface area is 216 Å². The first-order valence-electron chi connectivity index (χ1n) is 11.7. The molecule has 3 N–H and O–H groups in total. The van der Waals surface area contributed by atoms with Crippen LogP contribution in [-0.2, 0) is 16.0 Å². The Morgan fingerprint density at radius 3 is 2.42 bits per heavy atom. The third-order valence-electron chi connectivity index (χ3n) is 5.13. The highest BCUT2D eigenvalue weighted by Crippen LogP contribution is 2.16. The second-order valence-electron chi connectivity index (χ2n) is 9.06. The summed E-state index contributed by atoms with van der Waals surface area (Å²) < 4.78 is 10.8. The normalized spacial score (nSPS) is 15.3. The number of nitrogens with zero attached hydrogens (tertiary/aromatic N) is 2. The van der Waals surface area contributed by atoms with Crippen molar-refractivity contribution in [2.24, 2.45) is 4.99 Å². The lowest BCUT2D eigenvalue weighted by Gasteiger charge is -2.29. The van der Waals surface area contributed by atoms with Crippen LogP contribution in [0, 0.1) is 0 Å². The van der Waals surface area contributed by atoms with Crippen molar-refractivity contribution in [3.8, 4) is 0 Å². The molecule has 0 spiro atoms. The monoisotopic (exact) mass is 575 g/mol.